The summed E-state index contributed by atoms with van der Waals surface area (Å²) in [6, 6.07) is 4.83. The van der Waals surface area contributed by atoms with Crippen LogP contribution in [0.5, 0.6) is 0 Å². The third-order valence-electron chi connectivity index (χ3n) is 4.13. The first-order valence-electron chi connectivity index (χ1n) is 7.29. The Morgan fingerprint density at radius 2 is 2.11 bits per heavy atom. The van der Waals surface area contributed by atoms with Gasteiger partial charge in [-0.2, -0.15) is 0 Å². The molecule has 1 aliphatic rings. The Bertz CT molecular complexity index is 380. The van der Waals surface area contributed by atoms with Crippen molar-refractivity contribution < 1.29 is 0 Å². The van der Waals surface area contributed by atoms with Crippen molar-refractivity contribution in [3.05, 3.63) is 21.3 Å². The molecule has 1 aromatic heterocycles. The third-order valence-corrected chi connectivity index (χ3v) is 5.35. The predicted molar refractivity (Wildman–Crippen MR) is 85.1 cm³/mol. The molecular formula is C15H25ClN2S. The number of hydrogen-bond acceptors (Lipinski definition) is 3. The fourth-order valence-electron chi connectivity index (χ4n) is 3.15. The molecule has 0 spiro atoms. The molecule has 1 heterocycles. The highest BCUT2D eigenvalue weighted by molar-refractivity contribution is 7.16. The molecule has 2 rings (SSSR count). The van der Waals surface area contributed by atoms with E-state index in [0.717, 1.165) is 16.8 Å². The molecule has 2 atom stereocenters. The molecule has 2 nitrogen and oxygen atoms in total. The third kappa shape index (κ3) is 4.75. The highest BCUT2D eigenvalue weighted by atomic mass is 35.5. The number of nitrogens with zero attached hydrogens (tertiary/aromatic N) is 1. The second kappa shape index (κ2) is 7.63. The van der Waals surface area contributed by atoms with Gasteiger partial charge in [0.25, 0.3) is 0 Å². The molecule has 0 saturated heterocycles. The van der Waals surface area contributed by atoms with Gasteiger partial charge in [-0.1, -0.05) is 30.9 Å². The van der Waals surface area contributed by atoms with E-state index in [1.54, 1.807) is 11.3 Å². The van der Waals surface area contributed by atoms with Crippen LogP contribution >= 0.6 is 22.9 Å². The Morgan fingerprint density at radius 1 is 1.32 bits per heavy atom. The zero-order chi connectivity index (χ0) is 13.7. The quantitative estimate of drug-likeness (QED) is 0.827. The van der Waals surface area contributed by atoms with Crippen molar-refractivity contribution in [2.75, 3.05) is 20.6 Å². The molecule has 0 bridgehead atoms. The monoisotopic (exact) mass is 300 g/mol. The number of hydrogen-bond donors (Lipinski definition) is 1. The van der Waals surface area contributed by atoms with Crippen LogP contribution < -0.4 is 5.32 Å². The van der Waals surface area contributed by atoms with Crippen LogP contribution in [-0.4, -0.2) is 31.6 Å². The van der Waals surface area contributed by atoms with E-state index in [0.29, 0.717) is 6.04 Å². The molecule has 1 saturated carbocycles. The summed E-state index contributed by atoms with van der Waals surface area (Å²) in [6.07, 6.45) is 6.87. The average molecular weight is 301 g/mol. The molecule has 19 heavy (non-hydrogen) atoms. The SMILES string of the molecule is CNC1CCCCCC1CN(C)Cc1ccc(Cl)s1. The lowest BCUT2D eigenvalue weighted by Crippen LogP contribution is -2.39. The molecule has 0 aromatic carbocycles. The Hall–Kier alpha value is -0.0900. The van der Waals surface area contributed by atoms with Crippen molar-refractivity contribution in [3.8, 4) is 0 Å². The molecule has 1 fully saturated rings. The van der Waals surface area contributed by atoms with Crippen LogP contribution in [0.15, 0.2) is 12.1 Å². The minimum Gasteiger partial charge on any atom is -0.317 e. The maximum absolute atomic E-state index is 5.99. The molecule has 0 aliphatic heterocycles. The van der Waals surface area contributed by atoms with Crippen molar-refractivity contribution in [2.45, 2.75) is 44.7 Å². The van der Waals surface area contributed by atoms with Crippen LogP contribution in [0.25, 0.3) is 0 Å². The van der Waals surface area contributed by atoms with Crippen LogP contribution in [-0.2, 0) is 6.54 Å². The Balaban J connectivity index is 1.87. The summed E-state index contributed by atoms with van der Waals surface area (Å²) in [5, 5.41) is 3.52. The number of thiophene rings is 1. The fourth-order valence-corrected chi connectivity index (χ4v) is 4.32. The molecule has 1 N–H and O–H groups in total. The van der Waals surface area contributed by atoms with Crippen LogP contribution in [0.4, 0.5) is 0 Å². The van der Waals surface area contributed by atoms with Gasteiger partial charge in [-0.15, -0.1) is 11.3 Å². The molecular weight excluding hydrogens is 276 g/mol. The molecule has 2 unspecified atom stereocenters. The van der Waals surface area contributed by atoms with Gasteiger partial charge in [-0.05, 0) is 45.0 Å². The summed E-state index contributed by atoms with van der Waals surface area (Å²) < 4.78 is 0.894. The molecule has 108 valence electrons. The Labute approximate surface area is 126 Å². The normalized spacial score (nSPS) is 24.6. The molecule has 1 aromatic rings. The van der Waals surface area contributed by atoms with Crippen molar-refractivity contribution in [3.63, 3.8) is 0 Å². The highest BCUT2D eigenvalue weighted by Crippen LogP contribution is 2.26. The summed E-state index contributed by atoms with van der Waals surface area (Å²) in [5.74, 6) is 0.785. The smallest absolute Gasteiger partial charge is 0.0931 e. The van der Waals surface area contributed by atoms with E-state index in [4.69, 9.17) is 11.6 Å². The summed E-state index contributed by atoms with van der Waals surface area (Å²) in [4.78, 5) is 3.81. The molecule has 0 radical (unpaired) electrons. The van der Waals surface area contributed by atoms with Gasteiger partial charge in [0.05, 0.1) is 4.34 Å². The highest BCUT2D eigenvalue weighted by Gasteiger charge is 2.23. The summed E-state index contributed by atoms with van der Waals surface area (Å²) in [5.41, 5.74) is 0. The summed E-state index contributed by atoms with van der Waals surface area (Å²) in [6.45, 7) is 2.20. The number of rotatable bonds is 5. The first-order chi connectivity index (χ1) is 9.19. The van der Waals surface area contributed by atoms with E-state index in [2.05, 4.69) is 30.4 Å². The minimum absolute atomic E-state index is 0.692. The van der Waals surface area contributed by atoms with E-state index in [9.17, 15) is 0 Å². The zero-order valence-corrected chi connectivity index (χ0v) is 13.6. The summed E-state index contributed by atoms with van der Waals surface area (Å²) >= 11 is 7.69. The van der Waals surface area contributed by atoms with Gasteiger partial charge < -0.3 is 10.2 Å². The van der Waals surface area contributed by atoms with E-state index >= 15 is 0 Å². The number of nitrogens with one attached hydrogen (secondary N) is 1. The van der Waals surface area contributed by atoms with Crippen molar-refractivity contribution in [1.29, 1.82) is 0 Å². The molecule has 4 heteroatoms. The van der Waals surface area contributed by atoms with Crippen molar-refractivity contribution >= 4 is 22.9 Å². The van der Waals surface area contributed by atoms with Crippen LogP contribution in [0.3, 0.4) is 0 Å². The van der Waals surface area contributed by atoms with Gasteiger partial charge in [-0.3, -0.25) is 0 Å². The second-order valence-corrected chi connectivity index (χ2v) is 7.50. The van der Waals surface area contributed by atoms with Gasteiger partial charge in [0.2, 0.25) is 0 Å². The first-order valence-corrected chi connectivity index (χ1v) is 8.48. The van der Waals surface area contributed by atoms with Gasteiger partial charge in [0.1, 0.15) is 0 Å². The van der Waals surface area contributed by atoms with Crippen LogP contribution in [0.1, 0.15) is 37.0 Å². The lowest BCUT2D eigenvalue weighted by atomic mass is 9.94. The molecule has 0 amide bonds. The number of halogens is 1. The minimum atomic E-state index is 0.692. The van der Waals surface area contributed by atoms with Gasteiger partial charge in [0.15, 0.2) is 0 Å². The van der Waals surface area contributed by atoms with Crippen molar-refractivity contribution in [1.82, 2.24) is 10.2 Å². The topological polar surface area (TPSA) is 15.3 Å². The van der Waals surface area contributed by atoms with E-state index in [1.165, 1.54) is 43.5 Å². The first kappa shape index (κ1) is 15.3. The van der Waals surface area contributed by atoms with E-state index in [-0.39, 0.29) is 0 Å². The lowest BCUT2D eigenvalue weighted by Gasteiger charge is -2.29. The van der Waals surface area contributed by atoms with Crippen LogP contribution in [0.2, 0.25) is 4.34 Å². The Morgan fingerprint density at radius 3 is 2.79 bits per heavy atom. The second-order valence-electron chi connectivity index (χ2n) is 5.70. The van der Waals surface area contributed by atoms with Crippen LogP contribution in [0, 0.1) is 5.92 Å². The summed E-state index contributed by atoms with van der Waals surface area (Å²) in [7, 11) is 4.34. The van der Waals surface area contributed by atoms with Gasteiger partial charge >= 0.3 is 0 Å². The Kier molecular flexibility index (Phi) is 6.14. The predicted octanol–water partition coefficient (Wildman–Crippen LogP) is 4.00. The lowest BCUT2D eigenvalue weighted by molar-refractivity contribution is 0.225. The average Bonchev–Trinajstić information content (AvgIpc) is 2.65. The fraction of sp³-hybridized carbons (Fsp3) is 0.733. The maximum atomic E-state index is 5.99. The van der Waals surface area contributed by atoms with E-state index < -0.39 is 0 Å². The zero-order valence-electron chi connectivity index (χ0n) is 12.0. The molecule has 1 aliphatic carbocycles. The maximum Gasteiger partial charge on any atom is 0.0931 e. The largest absolute Gasteiger partial charge is 0.317 e. The standard InChI is InChI=1S/C15H25ClN2S/c1-17-14-7-5-3-4-6-12(14)10-18(2)11-13-8-9-15(16)19-13/h8-9,12,14,17H,3-7,10-11H2,1-2H3. The van der Waals surface area contributed by atoms with E-state index in [1.807, 2.05) is 6.07 Å². The van der Waals surface area contributed by atoms with Gasteiger partial charge in [0, 0.05) is 24.0 Å². The van der Waals surface area contributed by atoms with Gasteiger partial charge in [-0.25, -0.2) is 0 Å². The van der Waals surface area contributed by atoms with Crippen molar-refractivity contribution in [2.24, 2.45) is 5.92 Å².